The largest absolute Gasteiger partial charge is 0.508 e. The molecule has 0 radical (unpaired) electrons. The van der Waals surface area contributed by atoms with Gasteiger partial charge in [0.25, 0.3) is 0 Å². The number of phenolic OH excluding ortho intramolecular Hbond substituents is 1. The Kier molecular flexibility index (Phi) is 5.96. The van der Waals surface area contributed by atoms with Gasteiger partial charge in [-0.15, -0.1) is 0 Å². The van der Waals surface area contributed by atoms with Gasteiger partial charge in [-0.1, -0.05) is 6.07 Å². The number of nitrogens with two attached hydrogens (primary N) is 1. The maximum atomic E-state index is 13.9. The van der Waals surface area contributed by atoms with Crippen LogP contribution in [0.4, 0.5) is 4.39 Å². The van der Waals surface area contributed by atoms with E-state index in [0.29, 0.717) is 18.2 Å². The Morgan fingerprint density at radius 2 is 2.14 bits per heavy atom. The Balaban J connectivity index is 1.86. The summed E-state index contributed by atoms with van der Waals surface area (Å²) >= 11 is 0. The van der Waals surface area contributed by atoms with E-state index in [4.69, 9.17) is 10.5 Å². The highest BCUT2D eigenvalue weighted by Crippen LogP contribution is 2.28. The van der Waals surface area contributed by atoms with Gasteiger partial charge in [-0.05, 0) is 38.8 Å². The van der Waals surface area contributed by atoms with E-state index in [2.05, 4.69) is 4.90 Å². The van der Waals surface area contributed by atoms with E-state index in [1.54, 1.807) is 6.07 Å². The number of hydrogen-bond donors (Lipinski definition) is 2. The molecule has 1 atom stereocenters. The van der Waals surface area contributed by atoms with Crippen molar-refractivity contribution >= 4 is 0 Å². The topological polar surface area (TPSA) is 58.7 Å². The molecule has 1 aromatic rings. The minimum Gasteiger partial charge on any atom is -0.508 e. The van der Waals surface area contributed by atoms with E-state index >= 15 is 0 Å². The molecule has 5 heteroatoms. The van der Waals surface area contributed by atoms with Gasteiger partial charge in [-0.3, -0.25) is 4.90 Å². The van der Waals surface area contributed by atoms with E-state index in [1.807, 2.05) is 6.92 Å². The fourth-order valence-electron chi connectivity index (χ4n) is 2.81. The van der Waals surface area contributed by atoms with Gasteiger partial charge in [0.2, 0.25) is 0 Å². The van der Waals surface area contributed by atoms with Crippen LogP contribution in [-0.4, -0.2) is 42.4 Å². The molecule has 1 unspecified atom stereocenters. The Bertz CT molecular complexity index is 448. The molecule has 118 valence electrons. The van der Waals surface area contributed by atoms with Gasteiger partial charge in [0, 0.05) is 37.4 Å². The lowest BCUT2D eigenvalue weighted by atomic mass is 10.0. The number of ether oxygens (including phenoxy) is 1. The van der Waals surface area contributed by atoms with Crippen molar-refractivity contribution in [3.63, 3.8) is 0 Å². The zero-order valence-corrected chi connectivity index (χ0v) is 12.6. The van der Waals surface area contributed by atoms with Crippen molar-refractivity contribution in [2.75, 3.05) is 26.2 Å². The molecule has 1 saturated heterocycles. The number of aromatic hydroxyl groups is 1. The number of rotatable bonds is 6. The molecule has 0 saturated carbocycles. The molecule has 0 bridgehead atoms. The summed E-state index contributed by atoms with van der Waals surface area (Å²) in [6.45, 7) is 5.19. The second-order valence-corrected chi connectivity index (χ2v) is 5.63. The summed E-state index contributed by atoms with van der Waals surface area (Å²) in [5.41, 5.74) is 6.09. The van der Waals surface area contributed by atoms with Gasteiger partial charge >= 0.3 is 0 Å². The van der Waals surface area contributed by atoms with Gasteiger partial charge in [0.15, 0.2) is 0 Å². The summed E-state index contributed by atoms with van der Waals surface area (Å²) in [7, 11) is 0. The van der Waals surface area contributed by atoms with Crippen molar-refractivity contribution in [2.45, 2.75) is 38.3 Å². The van der Waals surface area contributed by atoms with Gasteiger partial charge in [0.05, 0.1) is 6.10 Å². The van der Waals surface area contributed by atoms with Gasteiger partial charge in [-0.2, -0.15) is 0 Å². The first-order chi connectivity index (χ1) is 10.1. The molecule has 2 rings (SSSR count). The lowest BCUT2D eigenvalue weighted by Crippen LogP contribution is -2.39. The fraction of sp³-hybridized carbons (Fsp3) is 0.625. The van der Waals surface area contributed by atoms with E-state index in [-0.39, 0.29) is 17.6 Å². The maximum Gasteiger partial charge on any atom is 0.131 e. The minimum atomic E-state index is -0.344. The van der Waals surface area contributed by atoms with Crippen LogP contribution in [0.3, 0.4) is 0 Å². The van der Waals surface area contributed by atoms with Crippen LogP contribution in [0.15, 0.2) is 18.2 Å². The molecule has 1 aliphatic heterocycles. The molecular weight excluding hydrogens is 271 g/mol. The monoisotopic (exact) mass is 296 g/mol. The summed E-state index contributed by atoms with van der Waals surface area (Å²) in [4.78, 5) is 2.26. The minimum absolute atomic E-state index is 0.00981. The standard InChI is InChI=1S/C16H25FN2O2/c1-12(15-4-3-13(20)11-16(15)17)19-8-5-14(6-9-19)21-10-2-7-18/h3-4,11-12,14,20H,2,5-10,18H2,1H3. The molecule has 0 aromatic heterocycles. The lowest BCUT2D eigenvalue weighted by Gasteiger charge is -2.36. The molecule has 0 amide bonds. The predicted molar refractivity (Wildman–Crippen MR) is 80.7 cm³/mol. The van der Waals surface area contributed by atoms with Crippen molar-refractivity contribution in [1.29, 1.82) is 0 Å². The van der Waals surface area contributed by atoms with Crippen molar-refractivity contribution in [2.24, 2.45) is 5.73 Å². The summed E-state index contributed by atoms with van der Waals surface area (Å²) < 4.78 is 19.7. The van der Waals surface area contributed by atoms with Crippen LogP contribution in [0, 0.1) is 5.82 Å². The van der Waals surface area contributed by atoms with Gasteiger partial charge in [0.1, 0.15) is 11.6 Å². The first-order valence-corrected chi connectivity index (χ1v) is 7.66. The SMILES string of the molecule is CC(c1ccc(O)cc1F)N1CCC(OCCCN)CC1. The van der Waals surface area contributed by atoms with Crippen LogP contribution in [-0.2, 0) is 4.74 Å². The van der Waals surface area contributed by atoms with Crippen molar-refractivity contribution in [1.82, 2.24) is 4.90 Å². The molecule has 0 aliphatic carbocycles. The van der Waals surface area contributed by atoms with E-state index in [1.165, 1.54) is 12.1 Å². The summed E-state index contributed by atoms with van der Waals surface area (Å²) in [5, 5.41) is 9.29. The highest BCUT2D eigenvalue weighted by molar-refractivity contribution is 5.29. The summed E-state index contributed by atoms with van der Waals surface area (Å²) in [6.07, 6.45) is 3.13. The second-order valence-electron chi connectivity index (χ2n) is 5.63. The third-order valence-electron chi connectivity index (χ3n) is 4.16. The van der Waals surface area contributed by atoms with Gasteiger partial charge in [-0.25, -0.2) is 4.39 Å². The molecule has 1 aliphatic rings. The average molecular weight is 296 g/mol. The fourth-order valence-corrected chi connectivity index (χ4v) is 2.81. The number of phenols is 1. The number of nitrogens with zero attached hydrogens (tertiary/aromatic N) is 1. The molecule has 4 nitrogen and oxygen atoms in total. The van der Waals surface area contributed by atoms with Crippen molar-refractivity contribution < 1.29 is 14.2 Å². The quantitative estimate of drug-likeness (QED) is 0.792. The zero-order valence-electron chi connectivity index (χ0n) is 12.6. The second kappa shape index (κ2) is 7.73. The third-order valence-corrected chi connectivity index (χ3v) is 4.16. The van der Waals surface area contributed by atoms with Crippen LogP contribution in [0.1, 0.15) is 37.8 Å². The Hall–Kier alpha value is -1.17. The lowest BCUT2D eigenvalue weighted by molar-refractivity contribution is -0.00103. The molecule has 1 heterocycles. The molecule has 21 heavy (non-hydrogen) atoms. The average Bonchev–Trinajstić information content (AvgIpc) is 2.48. The smallest absolute Gasteiger partial charge is 0.131 e. The highest BCUT2D eigenvalue weighted by atomic mass is 19.1. The number of halogens is 1. The first-order valence-electron chi connectivity index (χ1n) is 7.66. The Morgan fingerprint density at radius 3 is 2.76 bits per heavy atom. The molecule has 1 fully saturated rings. The summed E-state index contributed by atoms with van der Waals surface area (Å²) in [6, 6.07) is 4.39. The van der Waals surface area contributed by atoms with E-state index in [9.17, 15) is 9.50 Å². The molecular formula is C16H25FN2O2. The molecule has 0 spiro atoms. The Labute approximate surface area is 125 Å². The van der Waals surface area contributed by atoms with Crippen molar-refractivity contribution in [3.8, 4) is 5.75 Å². The van der Waals surface area contributed by atoms with Crippen LogP contribution in [0.2, 0.25) is 0 Å². The number of hydrogen-bond acceptors (Lipinski definition) is 4. The maximum absolute atomic E-state index is 13.9. The first kappa shape index (κ1) is 16.2. The van der Waals surface area contributed by atoms with Crippen LogP contribution >= 0.6 is 0 Å². The summed E-state index contributed by atoms with van der Waals surface area (Å²) in [5.74, 6) is -0.376. The van der Waals surface area contributed by atoms with Crippen LogP contribution < -0.4 is 5.73 Å². The normalized spacial score (nSPS) is 18.8. The molecule has 1 aromatic carbocycles. The van der Waals surface area contributed by atoms with Crippen molar-refractivity contribution in [3.05, 3.63) is 29.6 Å². The molecule has 3 N–H and O–H groups in total. The van der Waals surface area contributed by atoms with Crippen LogP contribution in [0.25, 0.3) is 0 Å². The van der Waals surface area contributed by atoms with E-state index in [0.717, 1.165) is 39.0 Å². The van der Waals surface area contributed by atoms with Crippen LogP contribution in [0.5, 0.6) is 5.75 Å². The zero-order chi connectivity index (χ0) is 15.2. The number of piperidine rings is 1. The van der Waals surface area contributed by atoms with Gasteiger partial charge < -0.3 is 15.6 Å². The third kappa shape index (κ3) is 4.40. The highest BCUT2D eigenvalue weighted by Gasteiger charge is 2.25. The number of likely N-dealkylation sites (tertiary alicyclic amines) is 1. The number of benzene rings is 1. The Morgan fingerprint density at radius 1 is 1.43 bits per heavy atom. The predicted octanol–water partition coefficient (Wildman–Crippen LogP) is 2.42. The van der Waals surface area contributed by atoms with E-state index < -0.39 is 0 Å².